The minimum Gasteiger partial charge on any atom is -0.368 e. The predicted octanol–water partition coefficient (Wildman–Crippen LogP) is 4.14. The largest absolute Gasteiger partial charge is 0.368 e. The number of halogens is 2. The first-order valence-corrected chi connectivity index (χ1v) is 10.4. The van der Waals surface area contributed by atoms with E-state index in [1.165, 1.54) is 16.8 Å². The Labute approximate surface area is 184 Å². The fourth-order valence-corrected chi connectivity index (χ4v) is 4.08. The van der Waals surface area contributed by atoms with Crippen LogP contribution >= 0.6 is 11.6 Å². The van der Waals surface area contributed by atoms with Gasteiger partial charge >= 0.3 is 0 Å². The lowest BCUT2D eigenvalue weighted by molar-refractivity contribution is 0.0746. The Kier molecular flexibility index (Phi) is 5.78. The van der Waals surface area contributed by atoms with Gasteiger partial charge in [0.15, 0.2) is 5.78 Å². The Morgan fingerprint density at radius 2 is 1.52 bits per heavy atom. The minimum absolute atomic E-state index is 0.0374. The van der Waals surface area contributed by atoms with Crippen molar-refractivity contribution in [3.63, 3.8) is 0 Å². The zero-order valence-electron chi connectivity index (χ0n) is 17.3. The Hall–Kier alpha value is -3.19. The molecule has 1 saturated heterocycles. The first-order valence-electron chi connectivity index (χ1n) is 10.0. The molecule has 4 rings (SSSR count). The summed E-state index contributed by atoms with van der Waals surface area (Å²) in [6, 6.07) is 13.3. The molecule has 8 heteroatoms. The van der Waals surface area contributed by atoms with E-state index in [0.29, 0.717) is 48.7 Å². The van der Waals surface area contributed by atoms with Gasteiger partial charge in [-0.25, -0.2) is 9.07 Å². The Morgan fingerprint density at radius 3 is 2.10 bits per heavy atom. The van der Waals surface area contributed by atoms with E-state index >= 15 is 0 Å². The third kappa shape index (κ3) is 4.18. The summed E-state index contributed by atoms with van der Waals surface area (Å²) in [4.78, 5) is 28.6. The van der Waals surface area contributed by atoms with Gasteiger partial charge in [0.05, 0.1) is 16.9 Å². The van der Waals surface area contributed by atoms with Crippen LogP contribution in [-0.2, 0) is 0 Å². The summed E-state index contributed by atoms with van der Waals surface area (Å²) in [6.07, 6.45) is 0. The maximum atomic E-state index is 13.2. The van der Waals surface area contributed by atoms with Crippen LogP contribution in [0.2, 0.25) is 5.15 Å². The molecule has 0 atom stereocenters. The maximum Gasteiger partial charge on any atom is 0.259 e. The van der Waals surface area contributed by atoms with E-state index in [-0.39, 0.29) is 22.7 Å². The second-order valence-corrected chi connectivity index (χ2v) is 7.88. The van der Waals surface area contributed by atoms with Crippen molar-refractivity contribution < 1.29 is 14.0 Å². The Bertz CT molecular complexity index is 1120. The average Bonchev–Trinajstić information content (AvgIpc) is 3.08. The molecule has 0 radical (unpaired) electrons. The van der Waals surface area contributed by atoms with Crippen LogP contribution in [0.1, 0.15) is 33.3 Å². The molecule has 0 N–H and O–H groups in total. The molecular formula is C23H22ClFN4O2. The van der Waals surface area contributed by atoms with Gasteiger partial charge in [0, 0.05) is 37.4 Å². The number of Topliss-reactive ketones (excluding diaryl/α,β-unsaturated/α-hetero) is 1. The van der Waals surface area contributed by atoms with Gasteiger partial charge in [-0.05, 0) is 62.4 Å². The first-order chi connectivity index (χ1) is 14.8. The summed E-state index contributed by atoms with van der Waals surface area (Å²) in [5.41, 5.74) is 3.19. The summed E-state index contributed by atoms with van der Waals surface area (Å²) in [6.45, 7) is 5.73. The number of hydrogen-bond acceptors (Lipinski definition) is 4. The lowest BCUT2D eigenvalue weighted by Gasteiger charge is -2.36. The number of carbonyl (C=O) groups is 2. The molecule has 0 saturated carbocycles. The number of ketones is 1. The van der Waals surface area contributed by atoms with Gasteiger partial charge < -0.3 is 9.80 Å². The molecule has 1 aliphatic rings. The second-order valence-electron chi connectivity index (χ2n) is 7.52. The van der Waals surface area contributed by atoms with Gasteiger partial charge in [-0.1, -0.05) is 11.6 Å². The van der Waals surface area contributed by atoms with Crippen molar-refractivity contribution in [2.75, 3.05) is 31.1 Å². The van der Waals surface area contributed by atoms with Crippen molar-refractivity contribution >= 4 is 29.0 Å². The normalized spacial score (nSPS) is 14.1. The van der Waals surface area contributed by atoms with Gasteiger partial charge in [-0.15, -0.1) is 0 Å². The van der Waals surface area contributed by atoms with Gasteiger partial charge in [0.1, 0.15) is 11.0 Å². The van der Waals surface area contributed by atoms with E-state index in [4.69, 9.17) is 11.6 Å². The molecule has 1 fully saturated rings. The number of benzene rings is 2. The van der Waals surface area contributed by atoms with Gasteiger partial charge in [0.2, 0.25) is 0 Å². The summed E-state index contributed by atoms with van der Waals surface area (Å²) in [5.74, 6) is -0.480. The first kappa shape index (κ1) is 21.1. The highest BCUT2D eigenvalue weighted by Crippen LogP contribution is 2.26. The molecule has 2 aromatic carbocycles. The summed E-state index contributed by atoms with van der Waals surface area (Å²) >= 11 is 6.50. The van der Waals surface area contributed by atoms with Crippen molar-refractivity contribution in [1.29, 1.82) is 0 Å². The summed E-state index contributed by atoms with van der Waals surface area (Å²) in [5, 5.41) is 4.61. The number of carbonyl (C=O) groups excluding carboxylic acids is 2. The van der Waals surface area contributed by atoms with Crippen LogP contribution in [0.5, 0.6) is 0 Å². The van der Waals surface area contributed by atoms with E-state index < -0.39 is 0 Å². The van der Waals surface area contributed by atoms with Crippen LogP contribution in [0.4, 0.5) is 10.1 Å². The van der Waals surface area contributed by atoms with Crippen LogP contribution < -0.4 is 4.90 Å². The van der Waals surface area contributed by atoms with Gasteiger partial charge in [0.25, 0.3) is 5.91 Å². The summed E-state index contributed by atoms with van der Waals surface area (Å²) < 4.78 is 14.7. The SMILES string of the molecule is CC(=O)c1ccc(N2CCN(C(=O)c3c(C)nn(-c4ccc(F)cc4)c3Cl)CC2)cc1. The van der Waals surface area contributed by atoms with Crippen molar-refractivity contribution in [2.45, 2.75) is 13.8 Å². The molecule has 0 bridgehead atoms. The number of rotatable bonds is 4. The number of aromatic nitrogens is 2. The fourth-order valence-electron chi connectivity index (χ4n) is 3.73. The van der Waals surface area contributed by atoms with Crippen LogP contribution in [0.25, 0.3) is 5.69 Å². The zero-order valence-corrected chi connectivity index (χ0v) is 18.1. The van der Waals surface area contributed by atoms with E-state index in [2.05, 4.69) is 10.00 Å². The smallest absolute Gasteiger partial charge is 0.259 e. The van der Waals surface area contributed by atoms with Crippen LogP contribution in [0.15, 0.2) is 48.5 Å². The average molecular weight is 441 g/mol. The van der Waals surface area contributed by atoms with E-state index in [1.54, 1.807) is 30.9 Å². The van der Waals surface area contributed by atoms with Crippen molar-refractivity contribution in [2.24, 2.45) is 0 Å². The standard InChI is InChI=1S/C23H22ClFN4O2/c1-15-21(22(24)29(26-15)20-9-5-18(25)6-10-20)23(31)28-13-11-27(12-14-28)19-7-3-17(4-8-19)16(2)30/h3-10H,11-14H2,1-2H3. The minimum atomic E-state index is -0.353. The third-order valence-corrected chi connectivity index (χ3v) is 5.84. The quantitative estimate of drug-likeness (QED) is 0.572. The third-order valence-electron chi connectivity index (χ3n) is 5.49. The molecule has 2 heterocycles. The highest BCUT2D eigenvalue weighted by atomic mass is 35.5. The molecule has 0 spiro atoms. The number of nitrogens with zero attached hydrogens (tertiary/aromatic N) is 4. The van der Waals surface area contributed by atoms with Crippen molar-refractivity contribution in [3.8, 4) is 5.69 Å². The van der Waals surface area contributed by atoms with Gasteiger partial charge in [-0.3, -0.25) is 9.59 Å². The van der Waals surface area contributed by atoms with Gasteiger partial charge in [-0.2, -0.15) is 5.10 Å². The lowest BCUT2D eigenvalue weighted by atomic mass is 10.1. The second kappa shape index (κ2) is 8.51. The van der Waals surface area contributed by atoms with Crippen molar-refractivity contribution in [3.05, 3.63) is 76.3 Å². The van der Waals surface area contributed by atoms with Crippen molar-refractivity contribution in [1.82, 2.24) is 14.7 Å². The number of aryl methyl sites for hydroxylation is 1. The number of piperazine rings is 1. The van der Waals surface area contributed by atoms with E-state index in [1.807, 2.05) is 24.3 Å². The molecule has 6 nitrogen and oxygen atoms in total. The Balaban J connectivity index is 1.47. The molecule has 0 aliphatic carbocycles. The topological polar surface area (TPSA) is 58.4 Å². The monoisotopic (exact) mass is 440 g/mol. The number of anilines is 1. The highest BCUT2D eigenvalue weighted by molar-refractivity contribution is 6.33. The molecule has 1 amide bonds. The van der Waals surface area contributed by atoms with E-state index in [0.717, 1.165) is 5.69 Å². The molecule has 31 heavy (non-hydrogen) atoms. The molecule has 1 aromatic heterocycles. The predicted molar refractivity (Wildman–Crippen MR) is 118 cm³/mol. The molecule has 0 unspecified atom stereocenters. The van der Waals surface area contributed by atoms with Crippen LogP contribution in [0, 0.1) is 12.7 Å². The highest BCUT2D eigenvalue weighted by Gasteiger charge is 2.28. The molecule has 3 aromatic rings. The number of hydrogen-bond donors (Lipinski definition) is 0. The van der Waals surface area contributed by atoms with Crippen LogP contribution in [0.3, 0.4) is 0 Å². The molecule has 160 valence electrons. The summed E-state index contributed by atoms with van der Waals surface area (Å²) in [7, 11) is 0. The molecular weight excluding hydrogens is 419 g/mol. The molecule has 1 aliphatic heterocycles. The fraction of sp³-hybridized carbons (Fsp3) is 0.261. The van der Waals surface area contributed by atoms with E-state index in [9.17, 15) is 14.0 Å². The zero-order chi connectivity index (χ0) is 22.1. The lowest BCUT2D eigenvalue weighted by Crippen LogP contribution is -2.49. The van der Waals surface area contributed by atoms with Crippen LogP contribution in [-0.4, -0.2) is 52.5 Å². The number of amides is 1. The maximum absolute atomic E-state index is 13.2. The Morgan fingerprint density at radius 1 is 0.935 bits per heavy atom.